The van der Waals surface area contributed by atoms with Crippen LogP contribution in [0.25, 0.3) is 0 Å². The first-order valence-electron chi connectivity index (χ1n) is 7.23. The first-order valence-corrected chi connectivity index (χ1v) is 8.11. The second-order valence-electron chi connectivity index (χ2n) is 5.16. The molecule has 0 saturated carbocycles. The Kier molecular flexibility index (Phi) is 5.45. The van der Waals surface area contributed by atoms with Gasteiger partial charge < -0.3 is 10.2 Å². The summed E-state index contributed by atoms with van der Waals surface area (Å²) >= 11 is 1.80. The van der Waals surface area contributed by atoms with Gasteiger partial charge >= 0.3 is 0 Å². The lowest BCUT2D eigenvalue weighted by Gasteiger charge is -2.31. The monoisotopic (exact) mass is 267 g/mol. The van der Waals surface area contributed by atoms with E-state index in [1.54, 1.807) is 11.3 Å². The van der Waals surface area contributed by atoms with Crippen molar-refractivity contribution < 1.29 is 0 Å². The summed E-state index contributed by atoms with van der Waals surface area (Å²) in [5.74, 6) is 0.865. The molecule has 3 nitrogen and oxygen atoms in total. The van der Waals surface area contributed by atoms with Crippen molar-refractivity contribution in [3.63, 3.8) is 0 Å². The minimum Gasteiger partial charge on any atom is -0.348 e. The van der Waals surface area contributed by atoms with Gasteiger partial charge in [-0.05, 0) is 31.7 Å². The molecule has 1 aromatic rings. The summed E-state index contributed by atoms with van der Waals surface area (Å²) in [5, 5.41) is 6.84. The number of thiazole rings is 1. The number of piperidine rings is 1. The van der Waals surface area contributed by atoms with E-state index in [1.165, 1.54) is 49.6 Å². The zero-order valence-electron chi connectivity index (χ0n) is 11.6. The van der Waals surface area contributed by atoms with Crippen LogP contribution in [0.2, 0.25) is 0 Å². The topological polar surface area (TPSA) is 28.2 Å². The van der Waals surface area contributed by atoms with Crippen LogP contribution in [0, 0.1) is 5.92 Å². The van der Waals surface area contributed by atoms with Crippen LogP contribution in [0.15, 0.2) is 5.38 Å². The Balaban J connectivity index is 1.88. The van der Waals surface area contributed by atoms with Crippen LogP contribution in [0.5, 0.6) is 0 Å². The van der Waals surface area contributed by atoms with E-state index in [0.29, 0.717) is 0 Å². The second-order valence-corrected chi connectivity index (χ2v) is 6.00. The van der Waals surface area contributed by atoms with Gasteiger partial charge in [-0.25, -0.2) is 4.98 Å². The number of hydrogen-bond donors (Lipinski definition) is 1. The molecule has 0 radical (unpaired) electrons. The predicted octanol–water partition coefficient (Wildman–Crippen LogP) is 3.27. The highest BCUT2D eigenvalue weighted by atomic mass is 32.1. The maximum absolute atomic E-state index is 4.76. The van der Waals surface area contributed by atoms with Gasteiger partial charge in [-0.15, -0.1) is 11.3 Å². The SMILES string of the molecule is CCCNCc1csc(N2CCCC(CC)C2)n1. The van der Waals surface area contributed by atoms with E-state index in [4.69, 9.17) is 4.98 Å². The van der Waals surface area contributed by atoms with Crippen molar-refractivity contribution in [1.29, 1.82) is 0 Å². The van der Waals surface area contributed by atoms with Gasteiger partial charge in [-0.2, -0.15) is 0 Å². The molecule has 4 heteroatoms. The smallest absolute Gasteiger partial charge is 0.185 e. The van der Waals surface area contributed by atoms with E-state index in [1.807, 2.05) is 0 Å². The van der Waals surface area contributed by atoms with Crippen molar-refractivity contribution in [1.82, 2.24) is 10.3 Å². The average molecular weight is 267 g/mol. The van der Waals surface area contributed by atoms with Crippen LogP contribution in [0.3, 0.4) is 0 Å². The maximum atomic E-state index is 4.76. The first-order chi connectivity index (χ1) is 8.83. The highest BCUT2D eigenvalue weighted by Crippen LogP contribution is 2.27. The van der Waals surface area contributed by atoms with Gasteiger partial charge in [0.05, 0.1) is 5.69 Å². The van der Waals surface area contributed by atoms with Gasteiger partial charge in [-0.1, -0.05) is 20.3 Å². The molecule has 1 aliphatic heterocycles. The fraction of sp³-hybridized carbons (Fsp3) is 0.786. The Morgan fingerprint density at radius 2 is 2.39 bits per heavy atom. The number of nitrogens with one attached hydrogen (secondary N) is 1. The lowest BCUT2D eigenvalue weighted by Crippen LogP contribution is -2.35. The molecule has 1 atom stereocenters. The zero-order chi connectivity index (χ0) is 12.8. The lowest BCUT2D eigenvalue weighted by atomic mass is 9.96. The summed E-state index contributed by atoms with van der Waals surface area (Å²) in [4.78, 5) is 7.23. The average Bonchev–Trinajstić information content (AvgIpc) is 2.88. The standard InChI is InChI=1S/C14H25N3S/c1-3-7-15-9-13-11-18-14(16-13)17-8-5-6-12(4-2)10-17/h11-12,15H,3-10H2,1-2H3. The molecule has 102 valence electrons. The van der Waals surface area contributed by atoms with E-state index in [0.717, 1.165) is 19.0 Å². The third-order valence-electron chi connectivity index (χ3n) is 3.64. The molecule has 1 aromatic heterocycles. The van der Waals surface area contributed by atoms with Gasteiger partial charge in [0.1, 0.15) is 0 Å². The minimum atomic E-state index is 0.865. The number of rotatable bonds is 6. The molecule has 2 heterocycles. The molecule has 1 aliphatic rings. The van der Waals surface area contributed by atoms with Crippen molar-refractivity contribution in [3.05, 3.63) is 11.1 Å². The summed E-state index contributed by atoms with van der Waals surface area (Å²) in [6.45, 7) is 8.87. The van der Waals surface area contributed by atoms with Gasteiger partial charge in [-0.3, -0.25) is 0 Å². The van der Waals surface area contributed by atoms with Crippen molar-refractivity contribution in [2.75, 3.05) is 24.5 Å². The molecule has 2 rings (SSSR count). The largest absolute Gasteiger partial charge is 0.348 e. The summed E-state index contributed by atoms with van der Waals surface area (Å²) in [7, 11) is 0. The predicted molar refractivity (Wildman–Crippen MR) is 79.3 cm³/mol. The van der Waals surface area contributed by atoms with Crippen LogP contribution >= 0.6 is 11.3 Å². The first kappa shape index (κ1) is 13.8. The third-order valence-corrected chi connectivity index (χ3v) is 4.59. The normalized spacial score (nSPS) is 20.3. The van der Waals surface area contributed by atoms with Gasteiger partial charge in [0.25, 0.3) is 0 Å². The molecule has 0 bridgehead atoms. The van der Waals surface area contributed by atoms with Crippen molar-refractivity contribution in [2.45, 2.75) is 46.1 Å². The Bertz CT molecular complexity index is 351. The molecule has 0 aromatic carbocycles. The fourth-order valence-electron chi connectivity index (χ4n) is 2.49. The van der Waals surface area contributed by atoms with Crippen molar-refractivity contribution in [3.8, 4) is 0 Å². The van der Waals surface area contributed by atoms with E-state index < -0.39 is 0 Å². The van der Waals surface area contributed by atoms with Crippen molar-refractivity contribution >= 4 is 16.5 Å². The molecular weight excluding hydrogens is 242 g/mol. The molecule has 18 heavy (non-hydrogen) atoms. The van der Waals surface area contributed by atoms with Gasteiger partial charge in [0, 0.05) is 25.0 Å². The fourth-order valence-corrected chi connectivity index (χ4v) is 3.35. The number of aromatic nitrogens is 1. The molecular formula is C14H25N3S. The lowest BCUT2D eigenvalue weighted by molar-refractivity contribution is 0.404. The highest BCUT2D eigenvalue weighted by Gasteiger charge is 2.20. The molecule has 0 aliphatic carbocycles. The molecule has 0 spiro atoms. The van der Waals surface area contributed by atoms with Crippen molar-refractivity contribution in [2.24, 2.45) is 5.92 Å². The number of hydrogen-bond acceptors (Lipinski definition) is 4. The minimum absolute atomic E-state index is 0.865. The van der Waals surface area contributed by atoms with Crippen LogP contribution in [-0.4, -0.2) is 24.6 Å². The van der Waals surface area contributed by atoms with Crippen LogP contribution in [0.4, 0.5) is 5.13 Å². The highest BCUT2D eigenvalue weighted by molar-refractivity contribution is 7.13. The molecule has 1 unspecified atom stereocenters. The van der Waals surface area contributed by atoms with E-state index in [9.17, 15) is 0 Å². The van der Waals surface area contributed by atoms with Gasteiger partial charge in [0.15, 0.2) is 5.13 Å². The maximum Gasteiger partial charge on any atom is 0.185 e. The van der Waals surface area contributed by atoms with E-state index >= 15 is 0 Å². The molecule has 1 fully saturated rings. The Hall–Kier alpha value is -0.610. The Morgan fingerprint density at radius 3 is 3.17 bits per heavy atom. The molecule has 1 saturated heterocycles. The molecule has 1 N–H and O–H groups in total. The summed E-state index contributed by atoms with van der Waals surface area (Å²) in [6.07, 6.45) is 5.19. The zero-order valence-corrected chi connectivity index (χ0v) is 12.4. The summed E-state index contributed by atoms with van der Waals surface area (Å²) in [5.41, 5.74) is 1.20. The summed E-state index contributed by atoms with van der Waals surface area (Å²) in [6, 6.07) is 0. The Labute approximate surface area is 115 Å². The van der Waals surface area contributed by atoms with E-state index in [2.05, 4.69) is 29.4 Å². The van der Waals surface area contributed by atoms with Crippen LogP contribution in [-0.2, 0) is 6.54 Å². The van der Waals surface area contributed by atoms with Crippen LogP contribution < -0.4 is 10.2 Å². The molecule has 0 amide bonds. The number of nitrogens with zero attached hydrogens (tertiary/aromatic N) is 2. The number of anilines is 1. The Morgan fingerprint density at radius 1 is 1.50 bits per heavy atom. The summed E-state index contributed by atoms with van der Waals surface area (Å²) < 4.78 is 0. The second kappa shape index (κ2) is 7.10. The van der Waals surface area contributed by atoms with Crippen LogP contribution in [0.1, 0.15) is 45.2 Å². The quantitative estimate of drug-likeness (QED) is 0.802. The van der Waals surface area contributed by atoms with E-state index in [-0.39, 0.29) is 0 Å². The van der Waals surface area contributed by atoms with Gasteiger partial charge in [0.2, 0.25) is 0 Å². The third kappa shape index (κ3) is 3.69.